The maximum Gasteiger partial charge on any atom is 0.223 e. The molecule has 0 aromatic carbocycles. The Kier molecular flexibility index (Phi) is 4.82. The largest absolute Gasteiger partial charge is 0.396 e. The molecule has 1 amide bonds. The second-order valence-electron chi connectivity index (χ2n) is 4.19. The summed E-state index contributed by atoms with van der Waals surface area (Å²) in [7, 11) is 0. The van der Waals surface area contributed by atoms with Gasteiger partial charge < -0.3 is 10.4 Å². The molecule has 2 atom stereocenters. The molecule has 0 unspecified atom stereocenters. The molecule has 0 aromatic rings. The van der Waals surface area contributed by atoms with Gasteiger partial charge in [0.2, 0.25) is 5.91 Å². The molecule has 0 heterocycles. The molecule has 0 saturated heterocycles. The minimum Gasteiger partial charge on any atom is -0.396 e. The molecule has 0 saturated carbocycles. The van der Waals surface area contributed by atoms with Crippen LogP contribution in [0.4, 0.5) is 0 Å². The van der Waals surface area contributed by atoms with Crippen LogP contribution in [0.25, 0.3) is 0 Å². The molecule has 0 radical (unpaired) electrons. The fourth-order valence-corrected chi connectivity index (χ4v) is 1.98. The van der Waals surface area contributed by atoms with Crippen LogP contribution in [0.1, 0.15) is 33.1 Å². The molecule has 3 nitrogen and oxygen atoms in total. The number of hydrogen-bond acceptors (Lipinski definition) is 2. The van der Waals surface area contributed by atoms with Crippen molar-refractivity contribution >= 4 is 5.91 Å². The lowest BCUT2D eigenvalue weighted by Crippen LogP contribution is -2.37. The van der Waals surface area contributed by atoms with Gasteiger partial charge in [0.25, 0.3) is 0 Å². The molecular weight excluding hydrogens is 190 g/mol. The van der Waals surface area contributed by atoms with Gasteiger partial charge in [0.15, 0.2) is 0 Å². The van der Waals surface area contributed by atoms with Crippen LogP contribution < -0.4 is 5.32 Å². The number of carbonyl (C=O) groups excluding carboxylic acids is 1. The molecule has 1 aliphatic rings. The molecule has 0 aliphatic heterocycles. The predicted octanol–water partition coefficient (Wildman–Crippen LogP) is 1.48. The minimum absolute atomic E-state index is 0.121. The van der Waals surface area contributed by atoms with E-state index in [4.69, 9.17) is 5.11 Å². The van der Waals surface area contributed by atoms with Crippen molar-refractivity contribution in [3.05, 3.63) is 12.2 Å². The summed E-state index contributed by atoms with van der Waals surface area (Å²) in [5.74, 6) is 0.497. The topological polar surface area (TPSA) is 49.3 Å². The second-order valence-corrected chi connectivity index (χ2v) is 4.19. The quantitative estimate of drug-likeness (QED) is 0.677. The Morgan fingerprint density at radius 2 is 2.13 bits per heavy atom. The van der Waals surface area contributed by atoms with Gasteiger partial charge in [0.1, 0.15) is 0 Å². The van der Waals surface area contributed by atoms with Gasteiger partial charge in [0, 0.05) is 24.5 Å². The van der Waals surface area contributed by atoms with Gasteiger partial charge in [-0.1, -0.05) is 26.0 Å². The second kappa shape index (κ2) is 5.91. The summed E-state index contributed by atoms with van der Waals surface area (Å²) in [6.45, 7) is 4.25. The first kappa shape index (κ1) is 12.2. The van der Waals surface area contributed by atoms with Crippen molar-refractivity contribution in [3.63, 3.8) is 0 Å². The highest BCUT2D eigenvalue weighted by Crippen LogP contribution is 2.18. The van der Waals surface area contributed by atoms with Gasteiger partial charge in [-0.3, -0.25) is 4.79 Å². The molecule has 0 aromatic heterocycles. The molecule has 0 bridgehead atoms. The zero-order valence-corrected chi connectivity index (χ0v) is 9.57. The number of hydrogen-bond donors (Lipinski definition) is 2. The summed E-state index contributed by atoms with van der Waals surface area (Å²) in [4.78, 5) is 11.7. The molecular formula is C12H21NO2. The number of amides is 1. The standard InChI is InChI=1S/C12H21NO2/c1-3-10(4-2)12(15)13-11-6-5-9(7-11)8-14/h5-6,9-11,14H,3-4,7-8H2,1-2H3,(H,13,15)/t9-,11+/m0/s1. The maximum atomic E-state index is 11.7. The maximum absolute atomic E-state index is 11.7. The average Bonchev–Trinajstić information content (AvgIpc) is 2.67. The molecule has 1 aliphatic carbocycles. The third-order valence-electron chi connectivity index (χ3n) is 3.09. The van der Waals surface area contributed by atoms with E-state index in [0.717, 1.165) is 19.3 Å². The van der Waals surface area contributed by atoms with E-state index in [1.165, 1.54) is 0 Å². The highest BCUT2D eigenvalue weighted by atomic mass is 16.3. The molecule has 2 N–H and O–H groups in total. The summed E-state index contributed by atoms with van der Waals surface area (Å²) >= 11 is 0. The third kappa shape index (κ3) is 3.34. The molecule has 15 heavy (non-hydrogen) atoms. The highest BCUT2D eigenvalue weighted by molar-refractivity contribution is 5.79. The first-order valence-corrected chi connectivity index (χ1v) is 5.80. The van der Waals surface area contributed by atoms with E-state index in [1.807, 2.05) is 26.0 Å². The van der Waals surface area contributed by atoms with Crippen LogP contribution in [0.5, 0.6) is 0 Å². The Hall–Kier alpha value is -0.830. The van der Waals surface area contributed by atoms with Crippen molar-refractivity contribution in [1.82, 2.24) is 5.32 Å². The van der Waals surface area contributed by atoms with Crippen LogP contribution in [-0.2, 0) is 4.79 Å². The van der Waals surface area contributed by atoms with E-state index in [0.29, 0.717) is 0 Å². The van der Waals surface area contributed by atoms with Gasteiger partial charge in [-0.15, -0.1) is 0 Å². The summed E-state index contributed by atoms with van der Waals surface area (Å²) in [5.41, 5.74) is 0. The van der Waals surface area contributed by atoms with E-state index in [2.05, 4.69) is 5.32 Å². The van der Waals surface area contributed by atoms with Crippen molar-refractivity contribution < 1.29 is 9.90 Å². The van der Waals surface area contributed by atoms with E-state index < -0.39 is 0 Å². The number of aliphatic hydroxyl groups excluding tert-OH is 1. The number of rotatable bonds is 5. The Bertz CT molecular complexity index is 234. The first-order chi connectivity index (χ1) is 7.21. The van der Waals surface area contributed by atoms with E-state index in [1.54, 1.807) is 0 Å². The van der Waals surface area contributed by atoms with Crippen molar-refractivity contribution in [2.75, 3.05) is 6.61 Å². The van der Waals surface area contributed by atoms with Gasteiger partial charge in [-0.05, 0) is 19.3 Å². The van der Waals surface area contributed by atoms with Crippen LogP contribution in [0, 0.1) is 11.8 Å². The molecule has 0 fully saturated rings. The zero-order chi connectivity index (χ0) is 11.3. The summed E-state index contributed by atoms with van der Waals surface area (Å²) in [6.07, 6.45) is 6.59. The van der Waals surface area contributed by atoms with E-state index in [9.17, 15) is 4.79 Å². The van der Waals surface area contributed by atoms with Gasteiger partial charge in [-0.25, -0.2) is 0 Å². The Morgan fingerprint density at radius 1 is 1.47 bits per heavy atom. The summed E-state index contributed by atoms with van der Waals surface area (Å²) in [6, 6.07) is 0.121. The lowest BCUT2D eigenvalue weighted by Gasteiger charge is -2.17. The third-order valence-corrected chi connectivity index (χ3v) is 3.09. The lowest BCUT2D eigenvalue weighted by molar-refractivity contribution is -0.125. The zero-order valence-electron chi connectivity index (χ0n) is 9.57. The predicted molar refractivity (Wildman–Crippen MR) is 60.3 cm³/mol. The Balaban J connectivity index is 2.36. The van der Waals surface area contributed by atoms with Gasteiger partial charge >= 0.3 is 0 Å². The van der Waals surface area contributed by atoms with Crippen molar-refractivity contribution in [1.29, 1.82) is 0 Å². The van der Waals surface area contributed by atoms with Crippen molar-refractivity contribution in [2.45, 2.75) is 39.2 Å². The fourth-order valence-electron chi connectivity index (χ4n) is 1.98. The highest BCUT2D eigenvalue weighted by Gasteiger charge is 2.22. The fraction of sp³-hybridized carbons (Fsp3) is 0.750. The minimum atomic E-state index is 0.121. The molecule has 86 valence electrons. The number of nitrogens with one attached hydrogen (secondary N) is 1. The van der Waals surface area contributed by atoms with Crippen LogP contribution in [0.3, 0.4) is 0 Å². The molecule has 0 spiro atoms. The average molecular weight is 211 g/mol. The van der Waals surface area contributed by atoms with Crippen molar-refractivity contribution in [2.24, 2.45) is 11.8 Å². The van der Waals surface area contributed by atoms with Gasteiger partial charge in [0.05, 0.1) is 0 Å². The Labute approximate surface area is 91.6 Å². The smallest absolute Gasteiger partial charge is 0.223 e. The van der Waals surface area contributed by atoms with Crippen LogP contribution >= 0.6 is 0 Å². The lowest BCUT2D eigenvalue weighted by atomic mass is 10.0. The van der Waals surface area contributed by atoms with E-state index >= 15 is 0 Å². The monoisotopic (exact) mass is 211 g/mol. The van der Waals surface area contributed by atoms with Crippen molar-refractivity contribution in [3.8, 4) is 0 Å². The molecule has 3 heteroatoms. The molecule has 1 rings (SSSR count). The number of aliphatic hydroxyl groups is 1. The number of carbonyl (C=O) groups is 1. The first-order valence-electron chi connectivity index (χ1n) is 5.80. The summed E-state index contributed by atoms with van der Waals surface area (Å²) in [5, 5.41) is 12.0. The SMILES string of the molecule is CCC(CC)C(=O)N[C@@H]1C=C[C@H](CO)C1. The Morgan fingerprint density at radius 3 is 2.60 bits per heavy atom. The van der Waals surface area contributed by atoms with Gasteiger partial charge in [-0.2, -0.15) is 0 Å². The van der Waals surface area contributed by atoms with Crippen LogP contribution in [0.2, 0.25) is 0 Å². The van der Waals surface area contributed by atoms with E-state index in [-0.39, 0.29) is 30.4 Å². The van der Waals surface area contributed by atoms with Crippen LogP contribution in [0.15, 0.2) is 12.2 Å². The normalized spacial score (nSPS) is 24.8. The van der Waals surface area contributed by atoms with Crippen LogP contribution in [-0.4, -0.2) is 23.7 Å². The summed E-state index contributed by atoms with van der Waals surface area (Å²) < 4.78 is 0.